The van der Waals surface area contributed by atoms with E-state index in [-0.39, 0.29) is 35.6 Å². The fourth-order valence-corrected chi connectivity index (χ4v) is 3.97. The zero-order valence-electron chi connectivity index (χ0n) is 21.1. The van der Waals surface area contributed by atoms with E-state index in [2.05, 4.69) is 20.6 Å². The minimum absolute atomic E-state index is 0.0577. The average molecular weight is 531 g/mol. The van der Waals surface area contributed by atoms with Gasteiger partial charge in [0.05, 0.1) is 13.7 Å². The highest BCUT2D eigenvalue weighted by molar-refractivity contribution is 7.80. The highest BCUT2D eigenvalue weighted by Gasteiger charge is 2.25. The van der Waals surface area contributed by atoms with E-state index in [0.717, 1.165) is 22.3 Å². The van der Waals surface area contributed by atoms with Crippen molar-refractivity contribution in [1.29, 1.82) is 0 Å². The molecule has 0 radical (unpaired) electrons. The van der Waals surface area contributed by atoms with Crippen LogP contribution in [0.4, 0.5) is 10.6 Å². The molecule has 0 aliphatic carbocycles. The number of hydrogen-bond acceptors (Lipinski definition) is 8. The maximum atomic E-state index is 12.8. The van der Waals surface area contributed by atoms with Crippen LogP contribution in [0.3, 0.4) is 0 Å². The number of methoxy groups -OCH3 is 1. The third-order valence-corrected chi connectivity index (χ3v) is 5.76. The number of nitrogens with zero attached hydrogens (tertiary/aromatic N) is 2. The summed E-state index contributed by atoms with van der Waals surface area (Å²) in [5.41, 5.74) is 3.51. The van der Waals surface area contributed by atoms with Crippen LogP contribution in [0.25, 0.3) is 21.9 Å². The second-order valence-corrected chi connectivity index (χ2v) is 8.59. The lowest BCUT2D eigenvalue weighted by Gasteiger charge is -2.18. The first-order chi connectivity index (χ1) is 18.4. The van der Waals surface area contributed by atoms with E-state index in [1.165, 1.54) is 7.11 Å². The summed E-state index contributed by atoms with van der Waals surface area (Å²) in [6.07, 6.45) is 2.57. The van der Waals surface area contributed by atoms with E-state index in [1.807, 2.05) is 61.5 Å². The molecule has 9 nitrogen and oxygen atoms in total. The second kappa shape index (κ2) is 12.1. The number of benzene rings is 2. The van der Waals surface area contributed by atoms with Crippen molar-refractivity contribution in [3.63, 3.8) is 0 Å². The summed E-state index contributed by atoms with van der Waals surface area (Å²) in [7, 11) is 1.26. The van der Waals surface area contributed by atoms with Crippen molar-refractivity contribution in [2.75, 3.05) is 19.0 Å². The number of nitrogens with one attached hydrogen (secondary N) is 2. The van der Waals surface area contributed by atoms with E-state index in [4.69, 9.17) is 26.4 Å². The number of rotatable bonds is 7. The number of carbonyl (C=O) groups excluding carboxylic acids is 2. The van der Waals surface area contributed by atoms with E-state index in [0.29, 0.717) is 10.8 Å². The lowest BCUT2D eigenvalue weighted by Crippen LogP contribution is -2.35. The molecule has 0 saturated heterocycles. The summed E-state index contributed by atoms with van der Waals surface area (Å²) < 4.78 is 16.1. The van der Waals surface area contributed by atoms with Crippen molar-refractivity contribution in [2.24, 2.45) is 0 Å². The number of aryl methyl sites for hydroxylation is 1. The molecule has 0 aliphatic rings. The molecule has 2 N–H and O–H groups in total. The third-order valence-electron chi connectivity index (χ3n) is 5.56. The molecule has 0 bridgehead atoms. The van der Waals surface area contributed by atoms with Crippen LogP contribution in [0.1, 0.15) is 28.5 Å². The molecule has 0 saturated carbocycles. The molecule has 4 aromatic rings. The van der Waals surface area contributed by atoms with Gasteiger partial charge in [-0.2, -0.15) is 0 Å². The van der Waals surface area contributed by atoms with Crippen molar-refractivity contribution < 1.29 is 23.8 Å². The molecule has 0 aliphatic heterocycles. The molecule has 2 aromatic carbocycles. The largest absolute Gasteiger partial charge is 0.486 e. The summed E-state index contributed by atoms with van der Waals surface area (Å²) in [4.78, 5) is 33.8. The van der Waals surface area contributed by atoms with Crippen molar-refractivity contribution in [3.05, 3.63) is 83.8 Å². The number of fused-ring (bicyclic) bond motifs is 1. The lowest BCUT2D eigenvalue weighted by molar-refractivity contribution is 0.0589. The highest BCUT2D eigenvalue weighted by Crippen LogP contribution is 2.39. The maximum absolute atomic E-state index is 12.8. The fraction of sp³-hybridized carbons (Fsp3) is 0.179. The normalized spacial score (nSPS) is 10.5. The Morgan fingerprint density at radius 1 is 1.03 bits per heavy atom. The van der Waals surface area contributed by atoms with Gasteiger partial charge in [0.2, 0.25) is 0 Å². The van der Waals surface area contributed by atoms with Gasteiger partial charge in [-0.05, 0) is 37.2 Å². The van der Waals surface area contributed by atoms with Crippen LogP contribution in [-0.2, 0) is 16.1 Å². The smallest absolute Gasteiger partial charge is 0.413 e. The Morgan fingerprint density at radius 3 is 2.45 bits per heavy atom. The summed E-state index contributed by atoms with van der Waals surface area (Å²) in [5.74, 6) is -0.276. The molecule has 0 unspecified atom stereocenters. The van der Waals surface area contributed by atoms with Crippen LogP contribution in [0.15, 0.2) is 67.0 Å². The minimum Gasteiger partial charge on any atom is -0.486 e. The maximum Gasteiger partial charge on any atom is 0.413 e. The lowest BCUT2D eigenvalue weighted by atomic mass is 9.99. The number of thiocarbonyl (C=S) groups is 1. The molecular weight excluding hydrogens is 504 g/mol. The average Bonchev–Trinajstić information content (AvgIpc) is 2.92. The molecule has 4 rings (SSSR count). The Kier molecular flexibility index (Phi) is 8.44. The molecule has 194 valence electrons. The summed E-state index contributed by atoms with van der Waals surface area (Å²) >= 11 is 5.33. The van der Waals surface area contributed by atoms with Gasteiger partial charge in [0, 0.05) is 28.7 Å². The number of pyridine rings is 2. The van der Waals surface area contributed by atoms with Gasteiger partial charge >= 0.3 is 12.1 Å². The Balaban J connectivity index is 1.90. The number of hydrogen-bond donors (Lipinski definition) is 2. The van der Waals surface area contributed by atoms with Gasteiger partial charge in [-0.15, -0.1) is 0 Å². The second-order valence-electron chi connectivity index (χ2n) is 8.18. The van der Waals surface area contributed by atoms with Gasteiger partial charge in [-0.25, -0.2) is 14.6 Å². The van der Waals surface area contributed by atoms with E-state index in [1.54, 1.807) is 19.3 Å². The Bertz CT molecular complexity index is 1480. The number of carbonyl (C=O) groups is 2. The Labute approximate surface area is 225 Å². The molecule has 2 aromatic heterocycles. The van der Waals surface area contributed by atoms with Crippen LogP contribution < -0.4 is 15.4 Å². The van der Waals surface area contributed by atoms with Crippen LogP contribution in [0.5, 0.6) is 5.75 Å². The van der Waals surface area contributed by atoms with E-state index < -0.39 is 12.1 Å². The Hall–Kier alpha value is -4.57. The third kappa shape index (κ3) is 6.04. The zero-order valence-corrected chi connectivity index (χ0v) is 21.9. The van der Waals surface area contributed by atoms with Crippen molar-refractivity contribution in [2.45, 2.75) is 20.5 Å². The molecular formula is C28H26N4O5S. The number of aromatic nitrogens is 2. The van der Waals surface area contributed by atoms with Gasteiger partial charge in [0.15, 0.2) is 16.6 Å². The fourth-order valence-electron chi connectivity index (χ4n) is 3.79. The molecule has 1 amide bonds. The number of esters is 1. The highest BCUT2D eigenvalue weighted by atomic mass is 32.1. The quantitative estimate of drug-likeness (QED) is 0.239. The summed E-state index contributed by atoms with van der Waals surface area (Å²) in [6, 6.07) is 17.4. The molecule has 2 heterocycles. The molecule has 0 atom stereocenters. The van der Waals surface area contributed by atoms with Gasteiger partial charge in [0.25, 0.3) is 0 Å². The van der Waals surface area contributed by atoms with Crippen LogP contribution in [-0.4, -0.2) is 40.9 Å². The first kappa shape index (κ1) is 26.5. The zero-order chi connectivity index (χ0) is 27.1. The van der Waals surface area contributed by atoms with Gasteiger partial charge < -0.3 is 19.5 Å². The summed E-state index contributed by atoms with van der Waals surface area (Å²) in [6.45, 7) is 4.05. The van der Waals surface area contributed by atoms with Crippen LogP contribution in [0.2, 0.25) is 0 Å². The van der Waals surface area contributed by atoms with Gasteiger partial charge in [0.1, 0.15) is 12.4 Å². The van der Waals surface area contributed by atoms with Crippen LogP contribution >= 0.6 is 12.2 Å². The summed E-state index contributed by atoms with van der Waals surface area (Å²) in [5, 5.41) is 6.42. The molecule has 38 heavy (non-hydrogen) atoms. The first-order valence-electron chi connectivity index (χ1n) is 11.8. The van der Waals surface area contributed by atoms with Gasteiger partial charge in [-0.1, -0.05) is 60.2 Å². The van der Waals surface area contributed by atoms with Crippen molar-refractivity contribution in [1.82, 2.24) is 15.3 Å². The predicted octanol–water partition coefficient (Wildman–Crippen LogP) is 5.41. The monoisotopic (exact) mass is 530 g/mol. The standard InChI is InChI=1S/C28H26N4O5S/c1-4-36-28(34)32-27(38)31-25-22-20(19-12-10-17(2)11-13-19)14-29-15-21(22)24(23(30-25)26(33)35-3)37-16-18-8-6-5-7-9-18/h5-15H,4,16H2,1-3H3,(H2,30,31,32,34,38). The Morgan fingerprint density at radius 2 is 1.76 bits per heavy atom. The number of ether oxygens (including phenoxy) is 3. The SMILES string of the molecule is CCOC(=O)NC(=S)Nc1nc(C(=O)OC)c(OCc2ccccc2)c2cncc(-c3ccc(C)cc3)c12. The van der Waals surface area contributed by atoms with Crippen LogP contribution in [0, 0.1) is 6.92 Å². The van der Waals surface area contributed by atoms with E-state index in [9.17, 15) is 9.59 Å². The molecule has 0 spiro atoms. The topological polar surface area (TPSA) is 112 Å². The molecule has 10 heteroatoms. The van der Waals surface area contributed by atoms with Gasteiger partial charge in [-0.3, -0.25) is 10.3 Å². The molecule has 0 fully saturated rings. The number of amides is 1. The van der Waals surface area contributed by atoms with Crippen molar-refractivity contribution >= 4 is 46.0 Å². The first-order valence-corrected chi connectivity index (χ1v) is 12.2. The number of alkyl carbamates (subject to hydrolysis) is 1. The van der Waals surface area contributed by atoms with E-state index >= 15 is 0 Å². The number of anilines is 1. The van der Waals surface area contributed by atoms with Crippen molar-refractivity contribution in [3.8, 4) is 16.9 Å². The predicted molar refractivity (Wildman–Crippen MR) is 148 cm³/mol. The minimum atomic E-state index is -0.717.